The van der Waals surface area contributed by atoms with Crippen molar-refractivity contribution in [3.05, 3.63) is 33.3 Å². The van der Waals surface area contributed by atoms with Crippen LogP contribution in [0.1, 0.15) is 13.3 Å². The quantitative estimate of drug-likeness (QED) is 0.654. The molecule has 1 aliphatic carbocycles. The third-order valence-corrected chi connectivity index (χ3v) is 3.15. The van der Waals surface area contributed by atoms with Crippen molar-refractivity contribution in [2.75, 3.05) is 10.6 Å². The fourth-order valence-electron chi connectivity index (χ4n) is 1.84. The Labute approximate surface area is 119 Å². The normalized spacial score (nSPS) is 20.1. The summed E-state index contributed by atoms with van der Waals surface area (Å²) in [6.07, 6.45) is 0.231. The monoisotopic (exact) mass is 297 g/mol. The van der Waals surface area contributed by atoms with Crippen molar-refractivity contribution in [3.8, 4) is 0 Å². The van der Waals surface area contributed by atoms with E-state index in [0.29, 0.717) is 16.4 Å². The van der Waals surface area contributed by atoms with Crippen LogP contribution in [0.2, 0.25) is 5.02 Å². The van der Waals surface area contributed by atoms with Gasteiger partial charge >= 0.3 is 0 Å². The summed E-state index contributed by atoms with van der Waals surface area (Å²) in [5.41, 5.74) is 0.722. The molecule has 2 rings (SSSR count). The van der Waals surface area contributed by atoms with Gasteiger partial charge in [-0.05, 0) is 18.2 Å². The summed E-state index contributed by atoms with van der Waals surface area (Å²) < 4.78 is 0. The van der Waals surface area contributed by atoms with Crippen LogP contribution in [0, 0.1) is 16.0 Å². The number of nitro groups is 1. The van der Waals surface area contributed by atoms with Crippen LogP contribution in [0.5, 0.6) is 0 Å². The predicted octanol–water partition coefficient (Wildman–Crippen LogP) is 1.90. The van der Waals surface area contributed by atoms with Crippen molar-refractivity contribution in [2.24, 2.45) is 5.92 Å². The summed E-state index contributed by atoms with van der Waals surface area (Å²) in [5, 5.41) is 16.0. The second kappa shape index (κ2) is 5.46. The van der Waals surface area contributed by atoms with Crippen molar-refractivity contribution < 1.29 is 14.5 Å². The van der Waals surface area contributed by atoms with Crippen LogP contribution in [0.3, 0.4) is 0 Å². The highest BCUT2D eigenvalue weighted by Gasteiger charge is 2.53. The summed E-state index contributed by atoms with van der Waals surface area (Å²) in [7, 11) is 0. The Morgan fingerprint density at radius 3 is 2.60 bits per heavy atom. The summed E-state index contributed by atoms with van der Waals surface area (Å²) >= 11 is 5.84. The van der Waals surface area contributed by atoms with Crippen LogP contribution in [0.25, 0.3) is 0 Å². The minimum atomic E-state index is -0.821. The molecule has 0 saturated heterocycles. The van der Waals surface area contributed by atoms with Crippen LogP contribution in [0.15, 0.2) is 18.2 Å². The average Bonchev–Trinajstić information content (AvgIpc) is 3.12. The number of hydrogen-bond acceptors (Lipinski definition) is 4. The van der Waals surface area contributed by atoms with Gasteiger partial charge in [0, 0.05) is 23.3 Å². The Kier molecular flexibility index (Phi) is 3.89. The topological polar surface area (TPSA) is 101 Å². The molecule has 0 radical (unpaired) electrons. The van der Waals surface area contributed by atoms with Crippen LogP contribution in [-0.2, 0) is 9.59 Å². The van der Waals surface area contributed by atoms with Gasteiger partial charge in [0.05, 0.1) is 11.4 Å². The molecular weight excluding hydrogens is 286 g/mol. The largest absolute Gasteiger partial charge is 0.325 e. The number of nitrogens with one attached hydrogen (secondary N) is 2. The first kappa shape index (κ1) is 14.3. The summed E-state index contributed by atoms with van der Waals surface area (Å²) in [6.45, 7) is 1.34. The van der Waals surface area contributed by atoms with Crippen molar-refractivity contribution in [3.63, 3.8) is 0 Å². The molecule has 2 atom stereocenters. The van der Waals surface area contributed by atoms with E-state index in [2.05, 4.69) is 10.6 Å². The highest BCUT2D eigenvalue weighted by Crippen LogP contribution is 2.35. The molecule has 0 heterocycles. The lowest BCUT2D eigenvalue weighted by Gasteiger charge is -2.11. The zero-order valence-electron chi connectivity index (χ0n) is 10.6. The van der Waals surface area contributed by atoms with E-state index < -0.39 is 22.8 Å². The van der Waals surface area contributed by atoms with Crippen LogP contribution < -0.4 is 10.6 Å². The van der Waals surface area contributed by atoms with Gasteiger partial charge in [0.25, 0.3) is 0 Å². The van der Waals surface area contributed by atoms with E-state index in [1.165, 1.54) is 13.0 Å². The highest BCUT2D eigenvalue weighted by atomic mass is 35.5. The molecule has 106 valence electrons. The smallest absolute Gasteiger partial charge is 0.234 e. The number of nitrogens with zero attached hydrogens (tertiary/aromatic N) is 1. The number of halogens is 1. The Bertz CT molecular complexity index is 590. The maximum atomic E-state index is 11.9. The van der Waals surface area contributed by atoms with Gasteiger partial charge < -0.3 is 10.6 Å². The summed E-state index contributed by atoms with van der Waals surface area (Å²) in [6, 6.07) is 3.78. The van der Waals surface area contributed by atoms with E-state index in [0.717, 1.165) is 0 Å². The molecule has 1 aromatic carbocycles. The molecule has 0 spiro atoms. The van der Waals surface area contributed by atoms with E-state index >= 15 is 0 Å². The Morgan fingerprint density at radius 2 is 2.05 bits per heavy atom. The molecule has 1 aromatic rings. The molecule has 0 bridgehead atoms. The van der Waals surface area contributed by atoms with Crippen LogP contribution in [-0.4, -0.2) is 22.8 Å². The van der Waals surface area contributed by atoms with Crippen molar-refractivity contribution in [1.29, 1.82) is 0 Å². The number of amides is 2. The standard InChI is InChI=1S/C12H12ClN3O4/c1-6(17)14-9-3-2-7(13)4-10(9)15-12(18)8-5-11(8)16(19)20/h2-4,8,11H,5H2,1H3,(H,14,17)(H,15,18)/t8-,11+/m0/s1. The predicted molar refractivity (Wildman–Crippen MR) is 73.3 cm³/mol. The first-order valence-corrected chi connectivity index (χ1v) is 6.28. The number of hydrogen-bond donors (Lipinski definition) is 2. The number of carbonyl (C=O) groups is 2. The Morgan fingerprint density at radius 1 is 1.35 bits per heavy atom. The lowest BCUT2D eigenvalue weighted by Crippen LogP contribution is -2.19. The van der Waals surface area contributed by atoms with Gasteiger partial charge in [-0.1, -0.05) is 11.6 Å². The second-order valence-electron chi connectivity index (χ2n) is 4.56. The van der Waals surface area contributed by atoms with E-state index in [1.807, 2.05) is 0 Å². The first-order valence-electron chi connectivity index (χ1n) is 5.90. The Hall–Kier alpha value is -2.15. The lowest BCUT2D eigenvalue weighted by atomic mass is 10.2. The molecule has 0 aromatic heterocycles. The SMILES string of the molecule is CC(=O)Nc1ccc(Cl)cc1NC(=O)[C@H]1C[C@H]1[N+](=O)[O-]. The summed E-state index contributed by atoms with van der Waals surface area (Å²) in [5.74, 6) is -1.37. The van der Waals surface area contributed by atoms with E-state index in [-0.39, 0.29) is 12.3 Å². The minimum Gasteiger partial charge on any atom is -0.325 e. The van der Waals surface area contributed by atoms with Gasteiger partial charge in [0.2, 0.25) is 17.9 Å². The van der Waals surface area contributed by atoms with Gasteiger partial charge in [-0.15, -0.1) is 0 Å². The second-order valence-corrected chi connectivity index (χ2v) is 4.99. The third-order valence-electron chi connectivity index (χ3n) is 2.91. The molecule has 8 heteroatoms. The Balaban J connectivity index is 2.12. The molecular formula is C12H12ClN3O4. The number of carbonyl (C=O) groups excluding carboxylic acids is 2. The molecule has 20 heavy (non-hydrogen) atoms. The maximum Gasteiger partial charge on any atom is 0.234 e. The van der Waals surface area contributed by atoms with Gasteiger partial charge in [-0.25, -0.2) is 0 Å². The van der Waals surface area contributed by atoms with Crippen LogP contribution >= 0.6 is 11.6 Å². The molecule has 1 aliphatic rings. The number of rotatable bonds is 4. The molecule has 7 nitrogen and oxygen atoms in total. The molecule has 0 unspecified atom stereocenters. The van der Waals surface area contributed by atoms with E-state index in [4.69, 9.17) is 11.6 Å². The zero-order valence-corrected chi connectivity index (χ0v) is 11.3. The number of benzene rings is 1. The molecule has 2 N–H and O–H groups in total. The minimum absolute atomic E-state index is 0.231. The fourth-order valence-corrected chi connectivity index (χ4v) is 2.01. The van der Waals surface area contributed by atoms with Gasteiger partial charge in [-0.3, -0.25) is 19.7 Å². The van der Waals surface area contributed by atoms with Crippen LogP contribution in [0.4, 0.5) is 11.4 Å². The van der Waals surface area contributed by atoms with Crippen molar-refractivity contribution >= 4 is 34.8 Å². The number of anilines is 2. The molecule has 1 saturated carbocycles. The zero-order chi connectivity index (χ0) is 14.9. The average molecular weight is 298 g/mol. The van der Waals surface area contributed by atoms with Crippen molar-refractivity contribution in [1.82, 2.24) is 0 Å². The van der Waals surface area contributed by atoms with Gasteiger partial charge in [0.15, 0.2) is 0 Å². The molecule has 1 fully saturated rings. The maximum absolute atomic E-state index is 11.9. The van der Waals surface area contributed by atoms with E-state index in [1.54, 1.807) is 12.1 Å². The van der Waals surface area contributed by atoms with Gasteiger partial charge in [-0.2, -0.15) is 0 Å². The lowest BCUT2D eigenvalue weighted by molar-refractivity contribution is -0.497. The highest BCUT2D eigenvalue weighted by molar-refractivity contribution is 6.31. The molecule has 0 aliphatic heterocycles. The summed E-state index contributed by atoms with van der Waals surface area (Å²) in [4.78, 5) is 33.0. The fraction of sp³-hybridized carbons (Fsp3) is 0.333. The first-order chi connectivity index (χ1) is 9.38. The van der Waals surface area contributed by atoms with Gasteiger partial charge in [0.1, 0.15) is 5.92 Å². The molecule has 2 amide bonds. The third kappa shape index (κ3) is 3.24. The van der Waals surface area contributed by atoms with Crippen molar-refractivity contribution in [2.45, 2.75) is 19.4 Å². The van der Waals surface area contributed by atoms with E-state index in [9.17, 15) is 19.7 Å².